The number of carbonyl (C=O) groups is 2. The number of rotatable bonds is 3. The number of hydrogen-bond donors (Lipinski definition) is 3. The molecule has 1 rings (SSSR count). The Hall–Kier alpha value is -1.17. The van der Waals surface area contributed by atoms with E-state index in [1.807, 2.05) is 0 Å². The highest BCUT2D eigenvalue weighted by Crippen LogP contribution is 1.87. The van der Waals surface area contributed by atoms with Crippen LogP contribution in [0.1, 0.15) is 0 Å². The second-order valence-corrected chi connectivity index (χ2v) is 2.72. The molecular weight excluding hydrogens is 177 g/mol. The minimum Gasteiger partial charge on any atom is -0.353 e. The molecule has 5 nitrogen and oxygen atoms in total. The number of nitrogens with one attached hydrogen (secondary N) is 3. The molecule has 13 heavy (non-hydrogen) atoms. The number of piperazine rings is 1. The normalized spacial score (nSPS) is 22.2. The van der Waals surface area contributed by atoms with Crippen molar-refractivity contribution in [2.75, 3.05) is 26.3 Å². The molecular formula is C7H12FN3O2. The standard InChI is InChI=1S/C7H12FN3O2/c8-1-2-9-7(13)5-3-11-6(12)4-10-5/h5,10H,1-4H2,(H,9,13)(H,11,12). The molecule has 0 radical (unpaired) electrons. The van der Waals surface area contributed by atoms with Crippen LogP contribution >= 0.6 is 0 Å². The van der Waals surface area contributed by atoms with E-state index in [4.69, 9.17) is 0 Å². The van der Waals surface area contributed by atoms with E-state index in [-0.39, 0.29) is 31.4 Å². The molecule has 1 aliphatic heterocycles. The van der Waals surface area contributed by atoms with Gasteiger partial charge in [-0.1, -0.05) is 0 Å². The summed E-state index contributed by atoms with van der Waals surface area (Å²) in [5.74, 6) is -0.410. The monoisotopic (exact) mass is 189 g/mol. The lowest BCUT2D eigenvalue weighted by Gasteiger charge is -2.22. The van der Waals surface area contributed by atoms with Crippen molar-refractivity contribution in [2.24, 2.45) is 0 Å². The molecule has 0 saturated carbocycles. The topological polar surface area (TPSA) is 70.2 Å². The van der Waals surface area contributed by atoms with Crippen LogP contribution in [0.15, 0.2) is 0 Å². The Labute approximate surface area is 75.1 Å². The first kappa shape index (κ1) is 9.91. The highest BCUT2D eigenvalue weighted by Gasteiger charge is 2.22. The van der Waals surface area contributed by atoms with Crippen molar-refractivity contribution in [1.29, 1.82) is 0 Å². The maximum absolute atomic E-state index is 11.7. The molecule has 0 aliphatic carbocycles. The Morgan fingerprint density at radius 2 is 2.46 bits per heavy atom. The third-order valence-corrected chi connectivity index (χ3v) is 1.72. The predicted octanol–water partition coefficient (Wildman–Crippen LogP) is -1.84. The van der Waals surface area contributed by atoms with Crippen LogP contribution < -0.4 is 16.0 Å². The molecule has 3 N–H and O–H groups in total. The van der Waals surface area contributed by atoms with Gasteiger partial charge in [-0.25, -0.2) is 4.39 Å². The minimum absolute atomic E-state index is 0.0188. The van der Waals surface area contributed by atoms with Crippen LogP contribution in [0.2, 0.25) is 0 Å². The Balaban J connectivity index is 2.27. The van der Waals surface area contributed by atoms with E-state index in [1.54, 1.807) is 0 Å². The Bertz CT molecular complexity index is 200. The number of hydrogen-bond acceptors (Lipinski definition) is 3. The molecule has 1 saturated heterocycles. The second-order valence-electron chi connectivity index (χ2n) is 2.72. The maximum Gasteiger partial charge on any atom is 0.239 e. The van der Waals surface area contributed by atoms with E-state index in [2.05, 4.69) is 16.0 Å². The summed E-state index contributed by atoms with van der Waals surface area (Å²) < 4.78 is 11.7. The molecule has 2 amide bonds. The molecule has 1 fully saturated rings. The second kappa shape index (κ2) is 4.76. The third kappa shape index (κ3) is 2.98. The summed E-state index contributed by atoms with van der Waals surface area (Å²) in [5, 5.41) is 7.65. The summed E-state index contributed by atoms with van der Waals surface area (Å²) in [6.45, 7) is -0.166. The third-order valence-electron chi connectivity index (χ3n) is 1.72. The molecule has 74 valence electrons. The predicted molar refractivity (Wildman–Crippen MR) is 43.8 cm³/mol. The average Bonchev–Trinajstić information content (AvgIpc) is 2.15. The first-order chi connectivity index (χ1) is 6.24. The number of carbonyl (C=O) groups excluding carboxylic acids is 2. The maximum atomic E-state index is 11.7. The zero-order valence-corrected chi connectivity index (χ0v) is 7.10. The average molecular weight is 189 g/mol. The zero-order chi connectivity index (χ0) is 9.68. The van der Waals surface area contributed by atoms with Gasteiger partial charge in [0.05, 0.1) is 6.54 Å². The fraction of sp³-hybridized carbons (Fsp3) is 0.714. The van der Waals surface area contributed by atoms with Crippen LogP contribution in [0.3, 0.4) is 0 Å². The first-order valence-corrected chi connectivity index (χ1v) is 4.08. The van der Waals surface area contributed by atoms with Crippen molar-refractivity contribution in [2.45, 2.75) is 6.04 Å². The lowest BCUT2D eigenvalue weighted by Crippen LogP contribution is -2.58. The van der Waals surface area contributed by atoms with Gasteiger partial charge in [0, 0.05) is 13.1 Å². The summed E-state index contributed by atoms with van der Waals surface area (Å²) in [7, 11) is 0. The van der Waals surface area contributed by atoms with E-state index >= 15 is 0 Å². The largest absolute Gasteiger partial charge is 0.353 e. The van der Waals surface area contributed by atoms with E-state index in [0.717, 1.165) is 0 Å². The summed E-state index contributed by atoms with van der Waals surface area (Å²) in [4.78, 5) is 21.9. The van der Waals surface area contributed by atoms with Gasteiger partial charge in [-0.15, -0.1) is 0 Å². The van der Waals surface area contributed by atoms with E-state index < -0.39 is 12.7 Å². The smallest absolute Gasteiger partial charge is 0.239 e. The molecule has 0 aromatic heterocycles. The quantitative estimate of drug-likeness (QED) is 0.488. The molecule has 6 heteroatoms. The van der Waals surface area contributed by atoms with Gasteiger partial charge >= 0.3 is 0 Å². The zero-order valence-electron chi connectivity index (χ0n) is 7.10. The van der Waals surface area contributed by atoms with E-state index in [0.29, 0.717) is 0 Å². The Morgan fingerprint density at radius 3 is 3.00 bits per heavy atom. The van der Waals surface area contributed by atoms with Crippen molar-refractivity contribution in [1.82, 2.24) is 16.0 Å². The van der Waals surface area contributed by atoms with Crippen molar-refractivity contribution in [3.63, 3.8) is 0 Å². The Morgan fingerprint density at radius 1 is 1.69 bits per heavy atom. The van der Waals surface area contributed by atoms with Gasteiger partial charge in [0.2, 0.25) is 11.8 Å². The molecule has 1 heterocycles. The van der Waals surface area contributed by atoms with Crippen LogP contribution in [0.25, 0.3) is 0 Å². The molecule has 1 aliphatic rings. The van der Waals surface area contributed by atoms with Gasteiger partial charge in [0.25, 0.3) is 0 Å². The summed E-state index contributed by atoms with van der Waals surface area (Å²) >= 11 is 0. The summed E-state index contributed by atoms with van der Waals surface area (Å²) in [6.07, 6.45) is 0. The number of amides is 2. The van der Waals surface area contributed by atoms with Crippen molar-refractivity contribution in [3.8, 4) is 0 Å². The van der Waals surface area contributed by atoms with Gasteiger partial charge in [-0.05, 0) is 0 Å². The van der Waals surface area contributed by atoms with E-state index in [1.165, 1.54) is 0 Å². The van der Waals surface area contributed by atoms with Gasteiger partial charge in [0.15, 0.2) is 0 Å². The van der Waals surface area contributed by atoms with Crippen LogP contribution in [-0.4, -0.2) is 44.2 Å². The number of halogens is 1. The van der Waals surface area contributed by atoms with Crippen molar-refractivity contribution in [3.05, 3.63) is 0 Å². The van der Waals surface area contributed by atoms with Crippen LogP contribution in [-0.2, 0) is 9.59 Å². The molecule has 0 spiro atoms. The van der Waals surface area contributed by atoms with Crippen molar-refractivity contribution < 1.29 is 14.0 Å². The lowest BCUT2D eigenvalue weighted by atomic mass is 10.2. The van der Waals surface area contributed by atoms with Gasteiger partial charge < -0.3 is 10.6 Å². The fourth-order valence-corrected chi connectivity index (χ4v) is 1.05. The molecule has 0 aromatic carbocycles. The SMILES string of the molecule is O=C1CNC(C(=O)NCCF)CN1. The molecule has 0 bridgehead atoms. The van der Waals surface area contributed by atoms with Crippen LogP contribution in [0, 0.1) is 0 Å². The van der Waals surface area contributed by atoms with Crippen LogP contribution in [0.4, 0.5) is 4.39 Å². The highest BCUT2D eigenvalue weighted by atomic mass is 19.1. The Kier molecular flexibility index (Phi) is 3.63. The first-order valence-electron chi connectivity index (χ1n) is 4.08. The molecule has 1 unspecified atom stereocenters. The summed E-state index contributed by atoms with van der Waals surface area (Å²) in [5.41, 5.74) is 0. The van der Waals surface area contributed by atoms with Crippen LogP contribution in [0.5, 0.6) is 0 Å². The molecule has 1 atom stereocenters. The summed E-state index contributed by atoms with van der Waals surface area (Å²) in [6, 6.07) is -0.441. The van der Waals surface area contributed by atoms with Gasteiger partial charge in [0.1, 0.15) is 12.7 Å². The fourth-order valence-electron chi connectivity index (χ4n) is 1.05. The lowest BCUT2D eigenvalue weighted by molar-refractivity contribution is -0.126. The van der Waals surface area contributed by atoms with Gasteiger partial charge in [-0.3, -0.25) is 14.9 Å². The highest BCUT2D eigenvalue weighted by molar-refractivity contribution is 5.86. The van der Waals surface area contributed by atoms with Gasteiger partial charge in [-0.2, -0.15) is 0 Å². The van der Waals surface area contributed by atoms with Crippen molar-refractivity contribution >= 4 is 11.8 Å². The van der Waals surface area contributed by atoms with E-state index in [9.17, 15) is 14.0 Å². The molecule has 0 aromatic rings. The number of alkyl halides is 1. The minimum atomic E-state index is -0.579.